The van der Waals surface area contributed by atoms with E-state index in [0.717, 1.165) is 5.56 Å². The lowest BCUT2D eigenvalue weighted by molar-refractivity contribution is -0.128. The number of hydrogen-bond donors (Lipinski definition) is 0. The number of ether oxygens (including phenoxy) is 3. The van der Waals surface area contributed by atoms with Gasteiger partial charge in [0.2, 0.25) is 0 Å². The van der Waals surface area contributed by atoms with Gasteiger partial charge in [-0.05, 0) is 32.8 Å². The molecule has 3 rings (SSSR count). The highest BCUT2D eigenvalue weighted by Crippen LogP contribution is 2.31. The van der Waals surface area contributed by atoms with Crippen molar-refractivity contribution in [2.75, 3.05) is 13.2 Å². The summed E-state index contributed by atoms with van der Waals surface area (Å²) in [5, 5.41) is 0. The SMILES string of the molecule is CC(C)(C)OC(=O)N1CC[C@@H]2O[C@H](COCc3ccccc3)C(=O)[C@@H]21. The van der Waals surface area contributed by atoms with E-state index in [1.165, 1.54) is 4.90 Å². The maximum absolute atomic E-state index is 12.7. The van der Waals surface area contributed by atoms with Crippen LogP contribution in [0, 0.1) is 0 Å². The first kappa shape index (κ1) is 17.9. The van der Waals surface area contributed by atoms with Crippen molar-refractivity contribution in [1.82, 2.24) is 4.90 Å². The largest absolute Gasteiger partial charge is 0.444 e. The monoisotopic (exact) mass is 347 g/mol. The summed E-state index contributed by atoms with van der Waals surface area (Å²) in [5.41, 5.74) is 0.458. The number of carbonyl (C=O) groups excluding carboxylic acids is 2. The third-order valence-corrected chi connectivity index (χ3v) is 4.30. The maximum atomic E-state index is 12.7. The Bertz CT molecular complexity index is 624. The van der Waals surface area contributed by atoms with E-state index < -0.39 is 23.8 Å². The zero-order valence-corrected chi connectivity index (χ0v) is 14.9. The van der Waals surface area contributed by atoms with Crippen LogP contribution in [-0.2, 0) is 25.6 Å². The molecule has 2 fully saturated rings. The molecule has 0 aliphatic carbocycles. The normalized spacial score (nSPS) is 26.0. The summed E-state index contributed by atoms with van der Waals surface area (Å²) in [6.07, 6.45) is -0.692. The molecule has 25 heavy (non-hydrogen) atoms. The van der Waals surface area contributed by atoms with Crippen LogP contribution < -0.4 is 0 Å². The number of amides is 1. The van der Waals surface area contributed by atoms with Crippen LogP contribution in [0.25, 0.3) is 0 Å². The van der Waals surface area contributed by atoms with Crippen LogP contribution in [-0.4, -0.2) is 53.8 Å². The predicted octanol–water partition coefficient (Wildman–Crippen LogP) is 2.55. The van der Waals surface area contributed by atoms with Gasteiger partial charge in [-0.25, -0.2) is 4.79 Å². The molecular formula is C19H25NO5. The number of ketones is 1. The first-order valence-corrected chi connectivity index (χ1v) is 8.65. The van der Waals surface area contributed by atoms with Crippen LogP contribution in [0.2, 0.25) is 0 Å². The standard InChI is InChI=1S/C19H25NO5/c1-19(2,3)25-18(22)20-10-9-14-16(20)17(21)15(24-14)12-23-11-13-7-5-4-6-8-13/h4-8,14-16H,9-12H2,1-3H3/t14-,15+,16+/m0/s1. The second-order valence-electron chi connectivity index (χ2n) is 7.47. The first-order valence-electron chi connectivity index (χ1n) is 8.65. The number of benzene rings is 1. The molecule has 0 aromatic heterocycles. The van der Waals surface area contributed by atoms with Crippen molar-refractivity contribution in [1.29, 1.82) is 0 Å². The van der Waals surface area contributed by atoms with E-state index in [4.69, 9.17) is 14.2 Å². The lowest BCUT2D eigenvalue weighted by Gasteiger charge is -2.27. The molecule has 0 N–H and O–H groups in total. The summed E-state index contributed by atoms with van der Waals surface area (Å²) >= 11 is 0. The molecule has 1 amide bonds. The minimum absolute atomic E-state index is 0.0959. The van der Waals surface area contributed by atoms with Crippen molar-refractivity contribution in [3.8, 4) is 0 Å². The third kappa shape index (κ3) is 4.19. The van der Waals surface area contributed by atoms with E-state index in [9.17, 15) is 9.59 Å². The van der Waals surface area contributed by atoms with Gasteiger partial charge < -0.3 is 14.2 Å². The van der Waals surface area contributed by atoms with E-state index in [1.807, 2.05) is 51.1 Å². The molecule has 3 atom stereocenters. The van der Waals surface area contributed by atoms with Gasteiger partial charge in [-0.1, -0.05) is 30.3 Å². The van der Waals surface area contributed by atoms with Crippen molar-refractivity contribution >= 4 is 11.9 Å². The molecule has 2 aliphatic rings. The molecule has 6 nitrogen and oxygen atoms in total. The zero-order chi connectivity index (χ0) is 18.0. The Morgan fingerprint density at radius 1 is 1.28 bits per heavy atom. The van der Waals surface area contributed by atoms with E-state index in [0.29, 0.717) is 19.6 Å². The minimum Gasteiger partial charge on any atom is -0.444 e. The summed E-state index contributed by atoms with van der Waals surface area (Å²) in [5.74, 6) is -0.0959. The Balaban J connectivity index is 1.55. The fourth-order valence-corrected chi connectivity index (χ4v) is 3.22. The van der Waals surface area contributed by atoms with Crippen LogP contribution in [0.15, 0.2) is 30.3 Å². The Kier molecular flexibility index (Phi) is 5.11. The Morgan fingerprint density at radius 3 is 2.68 bits per heavy atom. The van der Waals surface area contributed by atoms with E-state index in [-0.39, 0.29) is 18.5 Å². The Hall–Kier alpha value is -1.92. The Morgan fingerprint density at radius 2 is 2.00 bits per heavy atom. The van der Waals surface area contributed by atoms with Crippen molar-refractivity contribution in [2.45, 2.75) is 57.6 Å². The fraction of sp³-hybridized carbons (Fsp3) is 0.579. The average Bonchev–Trinajstić information content (AvgIpc) is 3.08. The average molecular weight is 347 g/mol. The second-order valence-corrected chi connectivity index (χ2v) is 7.47. The number of hydrogen-bond acceptors (Lipinski definition) is 5. The highest BCUT2D eigenvalue weighted by molar-refractivity contribution is 5.94. The highest BCUT2D eigenvalue weighted by atomic mass is 16.6. The number of fused-ring (bicyclic) bond motifs is 1. The summed E-state index contributed by atoms with van der Waals surface area (Å²) in [6.45, 7) is 6.54. The molecule has 0 unspecified atom stereocenters. The van der Waals surface area contributed by atoms with Gasteiger partial charge >= 0.3 is 6.09 Å². The van der Waals surface area contributed by atoms with E-state index in [2.05, 4.69) is 0 Å². The highest BCUT2D eigenvalue weighted by Gasteiger charge is 2.52. The van der Waals surface area contributed by atoms with Crippen LogP contribution >= 0.6 is 0 Å². The summed E-state index contributed by atoms with van der Waals surface area (Å²) in [7, 11) is 0. The molecule has 2 aliphatic heterocycles. The van der Waals surface area contributed by atoms with Gasteiger partial charge in [0.1, 0.15) is 17.7 Å². The number of likely N-dealkylation sites (tertiary alicyclic amines) is 1. The van der Waals surface area contributed by atoms with Gasteiger partial charge in [0.05, 0.1) is 19.3 Å². The summed E-state index contributed by atoms with van der Waals surface area (Å²) in [6, 6.07) is 9.21. The fourth-order valence-electron chi connectivity index (χ4n) is 3.22. The van der Waals surface area contributed by atoms with Gasteiger partial charge in [0, 0.05) is 6.54 Å². The number of Topliss-reactive ketones (excluding diaryl/α,β-unsaturated/α-hetero) is 1. The van der Waals surface area contributed by atoms with Gasteiger partial charge in [-0.2, -0.15) is 0 Å². The number of rotatable bonds is 4. The van der Waals surface area contributed by atoms with E-state index in [1.54, 1.807) is 0 Å². The smallest absolute Gasteiger partial charge is 0.410 e. The Labute approximate surface area is 148 Å². The van der Waals surface area contributed by atoms with Gasteiger partial charge in [-0.15, -0.1) is 0 Å². The molecule has 2 saturated heterocycles. The molecule has 1 aromatic carbocycles. The van der Waals surface area contributed by atoms with Gasteiger partial charge in [0.15, 0.2) is 5.78 Å². The molecule has 0 spiro atoms. The maximum Gasteiger partial charge on any atom is 0.410 e. The van der Waals surface area contributed by atoms with Crippen molar-refractivity contribution in [2.24, 2.45) is 0 Å². The van der Waals surface area contributed by atoms with Crippen molar-refractivity contribution < 1.29 is 23.8 Å². The summed E-state index contributed by atoms with van der Waals surface area (Å²) < 4.78 is 16.9. The minimum atomic E-state index is -0.621. The number of nitrogens with zero attached hydrogens (tertiary/aromatic N) is 1. The lowest BCUT2D eigenvalue weighted by Crippen LogP contribution is -2.45. The second kappa shape index (κ2) is 7.14. The molecule has 136 valence electrons. The summed E-state index contributed by atoms with van der Waals surface area (Å²) in [4.78, 5) is 26.5. The zero-order valence-electron chi connectivity index (χ0n) is 14.9. The van der Waals surface area contributed by atoms with Crippen LogP contribution in [0.3, 0.4) is 0 Å². The molecular weight excluding hydrogens is 322 g/mol. The van der Waals surface area contributed by atoms with Crippen LogP contribution in [0.4, 0.5) is 4.79 Å². The van der Waals surface area contributed by atoms with Crippen LogP contribution in [0.5, 0.6) is 0 Å². The molecule has 1 aromatic rings. The van der Waals surface area contributed by atoms with Gasteiger partial charge in [-0.3, -0.25) is 9.69 Å². The van der Waals surface area contributed by atoms with Crippen LogP contribution in [0.1, 0.15) is 32.8 Å². The quantitative estimate of drug-likeness (QED) is 0.837. The molecule has 0 saturated carbocycles. The molecule has 0 bridgehead atoms. The van der Waals surface area contributed by atoms with E-state index >= 15 is 0 Å². The molecule has 0 radical (unpaired) electrons. The third-order valence-electron chi connectivity index (χ3n) is 4.30. The lowest BCUT2D eigenvalue weighted by atomic mass is 10.1. The topological polar surface area (TPSA) is 65.1 Å². The first-order chi connectivity index (χ1) is 11.8. The predicted molar refractivity (Wildman–Crippen MR) is 91.1 cm³/mol. The molecule has 6 heteroatoms. The molecule has 2 heterocycles. The van der Waals surface area contributed by atoms with Gasteiger partial charge in [0.25, 0.3) is 0 Å². The van der Waals surface area contributed by atoms with Crippen molar-refractivity contribution in [3.05, 3.63) is 35.9 Å². The van der Waals surface area contributed by atoms with Crippen molar-refractivity contribution in [3.63, 3.8) is 0 Å². The number of carbonyl (C=O) groups is 2.